The summed E-state index contributed by atoms with van der Waals surface area (Å²) >= 11 is 0. The molecule has 6 nitrogen and oxygen atoms in total. The molecule has 27 heavy (non-hydrogen) atoms. The highest BCUT2D eigenvalue weighted by atomic mass is 16.2. The van der Waals surface area contributed by atoms with Crippen LogP contribution in [0.4, 0.5) is 0 Å². The van der Waals surface area contributed by atoms with E-state index in [9.17, 15) is 9.59 Å². The van der Waals surface area contributed by atoms with Crippen molar-refractivity contribution in [3.63, 3.8) is 0 Å². The van der Waals surface area contributed by atoms with E-state index in [-0.39, 0.29) is 16.9 Å². The molecule has 1 aliphatic heterocycles. The standard InChI is InChI=1S/C21H22N4O2/c26-20-17-3-1-2-4-19(17)23-15-18(20)21(27)25-13-11-24(12-14-25)10-7-16-5-8-22-9-6-16/h1-6,8-9,15H,7,10-14H2,(H,23,26). The summed E-state index contributed by atoms with van der Waals surface area (Å²) in [4.78, 5) is 36.7. The van der Waals surface area contributed by atoms with Gasteiger partial charge in [-0.1, -0.05) is 12.1 Å². The Balaban J connectivity index is 1.39. The van der Waals surface area contributed by atoms with E-state index >= 15 is 0 Å². The normalized spacial score (nSPS) is 15.2. The van der Waals surface area contributed by atoms with Crippen LogP contribution in [0.3, 0.4) is 0 Å². The third-order valence-corrected chi connectivity index (χ3v) is 5.14. The molecule has 1 fully saturated rings. The maximum absolute atomic E-state index is 12.8. The lowest BCUT2D eigenvalue weighted by Gasteiger charge is -2.34. The van der Waals surface area contributed by atoms with Gasteiger partial charge in [-0.05, 0) is 36.2 Å². The minimum absolute atomic E-state index is 0.184. The minimum atomic E-state index is -0.200. The van der Waals surface area contributed by atoms with Crippen LogP contribution in [0.5, 0.6) is 0 Å². The Bertz CT molecular complexity index is 992. The molecule has 3 heterocycles. The molecule has 6 heteroatoms. The van der Waals surface area contributed by atoms with Gasteiger partial charge in [-0.25, -0.2) is 0 Å². The molecule has 0 radical (unpaired) electrons. The van der Waals surface area contributed by atoms with E-state index in [2.05, 4.69) is 14.9 Å². The second-order valence-electron chi connectivity index (χ2n) is 6.82. The van der Waals surface area contributed by atoms with Crippen molar-refractivity contribution < 1.29 is 4.79 Å². The zero-order valence-electron chi connectivity index (χ0n) is 15.1. The number of aromatic nitrogens is 2. The molecule has 1 N–H and O–H groups in total. The Morgan fingerprint density at radius 3 is 2.56 bits per heavy atom. The van der Waals surface area contributed by atoms with Crippen LogP contribution in [0.1, 0.15) is 15.9 Å². The van der Waals surface area contributed by atoms with Crippen molar-refractivity contribution in [3.8, 4) is 0 Å². The minimum Gasteiger partial charge on any atom is -0.360 e. The van der Waals surface area contributed by atoms with Crippen LogP contribution in [0.25, 0.3) is 10.9 Å². The fraction of sp³-hybridized carbons (Fsp3) is 0.286. The SMILES string of the molecule is O=C(c1c[nH]c2ccccc2c1=O)N1CCN(CCc2ccncc2)CC1. The first-order valence-corrected chi connectivity index (χ1v) is 9.23. The van der Waals surface area contributed by atoms with Crippen LogP contribution < -0.4 is 5.43 Å². The second-order valence-corrected chi connectivity index (χ2v) is 6.82. The number of fused-ring (bicyclic) bond motifs is 1. The van der Waals surface area contributed by atoms with E-state index in [0.717, 1.165) is 31.6 Å². The number of amides is 1. The molecule has 2 aromatic heterocycles. The quantitative estimate of drug-likeness (QED) is 0.770. The molecule has 4 rings (SSSR count). The van der Waals surface area contributed by atoms with Crippen LogP contribution >= 0.6 is 0 Å². The monoisotopic (exact) mass is 362 g/mol. The van der Waals surface area contributed by atoms with Crippen molar-refractivity contribution >= 4 is 16.8 Å². The highest BCUT2D eigenvalue weighted by Crippen LogP contribution is 2.11. The average Bonchev–Trinajstić information content (AvgIpc) is 2.73. The van der Waals surface area contributed by atoms with Crippen molar-refractivity contribution in [3.05, 3.63) is 76.3 Å². The zero-order valence-corrected chi connectivity index (χ0v) is 15.1. The molecule has 3 aromatic rings. The number of benzene rings is 1. The predicted molar refractivity (Wildman–Crippen MR) is 105 cm³/mol. The van der Waals surface area contributed by atoms with Gasteiger partial charge in [0, 0.05) is 62.2 Å². The number of aromatic amines is 1. The predicted octanol–water partition coefficient (Wildman–Crippen LogP) is 1.92. The van der Waals surface area contributed by atoms with Crippen LogP contribution in [-0.2, 0) is 6.42 Å². The molecule has 1 amide bonds. The summed E-state index contributed by atoms with van der Waals surface area (Å²) in [5.74, 6) is -0.184. The molecule has 0 bridgehead atoms. The summed E-state index contributed by atoms with van der Waals surface area (Å²) in [6.45, 7) is 3.89. The van der Waals surface area contributed by atoms with Gasteiger partial charge in [0.15, 0.2) is 0 Å². The van der Waals surface area contributed by atoms with E-state index in [4.69, 9.17) is 0 Å². The van der Waals surface area contributed by atoms with Gasteiger partial charge >= 0.3 is 0 Å². The van der Waals surface area contributed by atoms with Gasteiger partial charge in [0.25, 0.3) is 5.91 Å². The molecule has 138 valence electrons. The largest absolute Gasteiger partial charge is 0.360 e. The summed E-state index contributed by atoms with van der Waals surface area (Å²) in [5.41, 5.74) is 2.04. The highest BCUT2D eigenvalue weighted by molar-refractivity contribution is 5.97. The summed E-state index contributed by atoms with van der Waals surface area (Å²) in [6.07, 6.45) is 6.14. The summed E-state index contributed by atoms with van der Waals surface area (Å²) in [7, 11) is 0. The first-order valence-electron chi connectivity index (χ1n) is 9.23. The number of carbonyl (C=O) groups excluding carboxylic acids is 1. The lowest BCUT2D eigenvalue weighted by molar-refractivity contribution is 0.0637. The van der Waals surface area contributed by atoms with Crippen molar-refractivity contribution in [1.82, 2.24) is 19.8 Å². The van der Waals surface area contributed by atoms with Crippen LogP contribution in [0, 0.1) is 0 Å². The van der Waals surface area contributed by atoms with Gasteiger partial charge in [0.2, 0.25) is 5.43 Å². The fourth-order valence-electron chi connectivity index (χ4n) is 3.51. The molecular weight excluding hydrogens is 340 g/mol. The number of carbonyl (C=O) groups is 1. The van der Waals surface area contributed by atoms with Gasteiger partial charge in [-0.15, -0.1) is 0 Å². The number of nitrogens with one attached hydrogen (secondary N) is 1. The molecule has 1 aliphatic rings. The number of para-hydroxylation sites is 1. The van der Waals surface area contributed by atoms with Crippen molar-refractivity contribution in [2.45, 2.75) is 6.42 Å². The summed E-state index contributed by atoms with van der Waals surface area (Å²) in [5, 5.41) is 0.555. The Labute approximate surface area is 157 Å². The Hall–Kier alpha value is -2.99. The second kappa shape index (κ2) is 7.72. The van der Waals surface area contributed by atoms with Gasteiger partial charge in [0.1, 0.15) is 5.56 Å². The van der Waals surface area contributed by atoms with E-state index < -0.39 is 0 Å². The van der Waals surface area contributed by atoms with Crippen molar-refractivity contribution in [1.29, 1.82) is 0 Å². The topological polar surface area (TPSA) is 69.3 Å². The molecule has 1 saturated heterocycles. The zero-order chi connectivity index (χ0) is 18.6. The third kappa shape index (κ3) is 3.75. The first-order chi connectivity index (χ1) is 13.2. The summed E-state index contributed by atoms with van der Waals surface area (Å²) < 4.78 is 0. The van der Waals surface area contributed by atoms with Gasteiger partial charge in [-0.3, -0.25) is 19.5 Å². The van der Waals surface area contributed by atoms with Crippen LogP contribution in [0.15, 0.2) is 59.8 Å². The van der Waals surface area contributed by atoms with Gasteiger partial charge < -0.3 is 9.88 Å². The Morgan fingerprint density at radius 1 is 1.04 bits per heavy atom. The Kier molecular flexibility index (Phi) is 4.98. The maximum atomic E-state index is 12.8. The lowest BCUT2D eigenvalue weighted by Crippen LogP contribution is -2.49. The first kappa shape index (κ1) is 17.4. The molecule has 0 aliphatic carbocycles. The molecule has 1 aromatic carbocycles. The van der Waals surface area contributed by atoms with E-state index in [1.54, 1.807) is 17.2 Å². The Morgan fingerprint density at radius 2 is 1.78 bits per heavy atom. The van der Waals surface area contributed by atoms with Crippen LogP contribution in [0.2, 0.25) is 0 Å². The van der Waals surface area contributed by atoms with Crippen molar-refractivity contribution in [2.24, 2.45) is 0 Å². The average molecular weight is 362 g/mol. The number of hydrogen-bond acceptors (Lipinski definition) is 4. The van der Waals surface area contributed by atoms with E-state index in [0.29, 0.717) is 18.5 Å². The smallest absolute Gasteiger partial charge is 0.259 e. The molecular formula is C21H22N4O2. The molecule has 0 atom stereocenters. The molecule has 0 spiro atoms. The number of pyridine rings is 2. The number of piperazine rings is 1. The fourth-order valence-corrected chi connectivity index (χ4v) is 3.51. The third-order valence-electron chi connectivity index (χ3n) is 5.14. The molecule has 0 unspecified atom stereocenters. The molecule has 0 saturated carbocycles. The summed E-state index contributed by atoms with van der Waals surface area (Å²) in [6, 6.07) is 11.3. The number of H-pyrrole nitrogens is 1. The van der Waals surface area contributed by atoms with Gasteiger partial charge in [-0.2, -0.15) is 0 Å². The highest BCUT2D eigenvalue weighted by Gasteiger charge is 2.24. The number of nitrogens with zero attached hydrogens (tertiary/aromatic N) is 3. The van der Waals surface area contributed by atoms with Crippen molar-refractivity contribution in [2.75, 3.05) is 32.7 Å². The van der Waals surface area contributed by atoms with Gasteiger partial charge in [0.05, 0.1) is 0 Å². The lowest BCUT2D eigenvalue weighted by atomic mass is 10.1. The van der Waals surface area contributed by atoms with E-state index in [1.165, 1.54) is 5.56 Å². The maximum Gasteiger partial charge on any atom is 0.259 e. The number of rotatable bonds is 4. The number of hydrogen-bond donors (Lipinski definition) is 1. The van der Waals surface area contributed by atoms with Crippen LogP contribution in [-0.4, -0.2) is 58.4 Å². The van der Waals surface area contributed by atoms with E-state index in [1.807, 2.05) is 42.7 Å².